The molecule has 0 saturated carbocycles. The van der Waals surface area contributed by atoms with Gasteiger partial charge in [0, 0.05) is 11.1 Å². The highest BCUT2D eigenvalue weighted by Gasteiger charge is 2.16. The van der Waals surface area contributed by atoms with Gasteiger partial charge in [-0.2, -0.15) is 0 Å². The fraction of sp³-hybridized carbons (Fsp3) is 0.0588. The summed E-state index contributed by atoms with van der Waals surface area (Å²) in [6.07, 6.45) is 3.32. The highest BCUT2D eigenvalue weighted by molar-refractivity contribution is 6.24. The number of carbonyl (C=O) groups excluding carboxylic acids is 1. The molecule has 0 unspecified atom stereocenters. The van der Waals surface area contributed by atoms with E-state index in [-0.39, 0.29) is 5.78 Å². The van der Waals surface area contributed by atoms with Gasteiger partial charge in [-0.3, -0.25) is 4.79 Å². The van der Waals surface area contributed by atoms with Gasteiger partial charge in [0.1, 0.15) is 5.75 Å². The van der Waals surface area contributed by atoms with Crippen LogP contribution in [0.1, 0.15) is 15.9 Å². The minimum atomic E-state index is 0.0225. The minimum Gasteiger partial charge on any atom is -0.497 e. The topological polar surface area (TPSA) is 38.7 Å². The molecule has 0 N–H and O–H groups in total. The minimum absolute atomic E-state index is 0.0225. The Morgan fingerprint density at radius 2 is 1.60 bits per heavy atom. The Kier molecular flexibility index (Phi) is 3.17. The highest BCUT2D eigenvalue weighted by Crippen LogP contribution is 2.22. The zero-order valence-corrected chi connectivity index (χ0v) is 11.0. The van der Waals surface area contributed by atoms with Crippen LogP contribution in [0.15, 0.2) is 65.7 Å². The number of ether oxygens (including phenoxy) is 1. The van der Waals surface area contributed by atoms with Crippen molar-refractivity contribution in [3.05, 3.63) is 71.8 Å². The van der Waals surface area contributed by atoms with Gasteiger partial charge in [-0.15, -0.1) is 0 Å². The maximum atomic E-state index is 11.8. The lowest BCUT2D eigenvalue weighted by atomic mass is 9.94. The molecule has 0 saturated heterocycles. The Morgan fingerprint density at radius 1 is 0.900 bits per heavy atom. The number of methoxy groups -OCH3 is 1. The first-order valence-electron chi connectivity index (χ1n) is 6.32. The average molecular weight is 263 g/mol. The molecular formula is C17H13NO2. The molecule has 0 fully saturated rings. The maximum absolute atomic E-state index is 11.8. The van der Waals surface area contributed by atoms with Crippen molar-refractivity contribution in [1.29, 1.82) is 0 Å². The van der Waals surface area contributed by atoms with E-state index in [0.29, 0.717) is 5.56 Å². The van der Waals surface area contributed by atoms with Crippen LogP contribution >= 0.6 is 0 Å². The Morgan fingerprint density at radius 3 is 2.30 bits per heavy atom. The van der Waals surface area contributed by atoms with Crippen LogP contribution in [0, 0.1) is 0 Å². The van der Waals surface area contributed by atoms with Crippen LogP contribution in [0.5, 0.6) is 5.75 Å². The molecule has 1 aliphatic rings. The summed E-state index contributed by atoms with van der Waals surface area (Å²) in [5.74, 6) is 0.818. The Balaban J connectivity index is 2.03. The Labute approximate surface area is 117 Å². The number of carbonyl (C=O) groups is 1. The third kappa shape index (κ3) is 2.26. The van der Waals surface area contributed by atoms with Gasteiger partial charge in [0.25, 0.3) is 0 Å². The van der Waals surface area contributed by atoms with E-state index in [1.165, 1.54) is 0 Å². The van der Waals surface area contributed by atoms with E-state index in [9.17, 15) is 4.79 Å². The number of hydrogen-bond donors (Lipinski definition) is 0. The lowest BCUT2D eigenvalue weighted by molar-refractivity contribution is 0.104. The molecule has 0 amide bonds. The fourth-order valence-electron chi connectivity index (χ4n) is 2.15. The van der Waals surface area contributed by atoms with Gasteiger partial charge in [-0.05, 0) is 36.4 Å². The smallest absolute Gasteiger partial charge is 0.186 e. The molecule has 0 aromatic heterocycles. The zero-order valence-electron chi connectivity index (χ0n) is 11.0. The molecule has 0 spiro atoms. The Hall–Kier alpha value is -2.68. The van der Waals surface area contributed by atoms with E-state index >= 15 is 0 Å². The van der Waals surface area contributed by atoms with Gasteiger partial charge in [-0.25, -0.2) is 4.99 Å². The molecule has 0 heterocycles. The van der Waals surface area contributed by atoms with Crippen molar-refractivity contribution in [2.24, 2.45) is 4.99 Å². The van der Waals surface area contributed by atoms with Crippen LogP contribution in [0.2, 0.25) is 0 Å². The van der Waals surface area contributed by atoms with Crippen molar-refractivity contribution in [2.75, 3.05) is 7.11 Å². The molecule has 1 aliphatic carbocycles. The number of hydrogen-bond acceptors (Lipinski definition) is 3. The molecule has 0 atom stereocenters. The summed E-state index contributed by atoms with van der Waals surface area (Å²) in [5, 5.41) is 0. The predicted molar refractivity (Wildman–Crippen MR) is 79.1 cm³/mol. The molecule has 2 aromatic rings. The van der Waals surface area contributed by atoms with Gasteiger partial charge < -0.3 is 4.74 Å². The molecule has 98 valence electrons. The van der Waals surface area contributed by atoms with E-state index in [1.54, 1.807) is 19.3 Å². The molecule has 3 rings (SSSR count). The lowest BCUT2D eigenvalue weighted by Gasteiger charge is -2.11. The predicted octanol–water partition coefficient (Wildman–Crippen LogP) is 3.57. The fourth-order valence-corrected chi connectivity index (χ4v) is 2.15. The van der Waals surface area contributed by atoms with E-state index in [0.717, 1.165) is 22.7 Å². The number of allylic oxidation sites excluding steroid dienone is 2. The monoisotopic (exact) mass is 263 g/mol. The second-order valence-electron chi connectivity index (χ2n) is 4.44. The van der Waals surface area contributed by atoms with Crippen molar-refractivity contribution in [3.63, 3.8) is 0 Å². The maximum Gasteiger partial charge on any atom is 0.186 e. The van der Waals surface area contributed by atoms with Gasteiger partial charge >= 0.3 is 0 Å². The third-order valence-corrected chi connectivity index (χ3v) is 3.18. The largest absolute Gasteiger partial charge is 0.497 e. The van der Waals surface area contributed by atoms with Crippen molar-refractivity contribution >= 4 is 17.2 Å². The van der Waals surface area contributed by atoms with E-state index in [4.69, 9.17) is 4.74 Å². The summed E-state index contributed by atoms with van der Waals surface area (Å²) >= 11 is 0. The standard InChI is InChI=1S/C17H13NO2/c1-20-13-8-6-12(7-9-13)18-16-10-11-17(19)15-5-3-2-4-14(15)16/h2-11H,1H3/b18-16+. The molecule has 20 heavy (non-hydrogen) atoms. The van der Waals surface area contributed by atoms with Gasteiger partial charge in [0.15, 0.2) is 5.78 Å². The zero-order chi connectivity index (χ0) is 13.9. The molecule has 2 aromatic carbocycles. The van der Waals surface area contributed by atoms with Crippen LogP contribution < -0.4 is 4.74 Å². The first-order chi connectivity index (χ1) is 9.78. The van der Waals surface area contributed by atoms with Gasteiger partial charge in [0.2, 0.25) is 0 Å². The average Bonchev–Trinajstić information content (AvgIpc) is 2.51. The molecular weight excluding hydrogens is 250 g/mol. The number of rotatable bonds is 2. The second-order valence-corrected chi connectivity index (χ2v) is 4.44. The number of fused-ring (bicyclic) bond motifs is 1. The van der Waals surface area contributed by atoms with Crippen molar-refractivity contribution in [2.45, 2.75) is 0 Å². The van der Waals surface area contributed by atoms with Crippen molar-refractivity contribution in [1.82, 2.24) is 0 Å². The van der Waals surface area contributed by atoms with Crippen LogP contribution in [-0.4, -0.2) is 18.6 Å². The normalized spacial score (nSPS) is 15.2. The molecule has 0 radical (unpaired) electrons. The number of ketones is 1. The van der Waals surface area contributed by atoms with Crippen LogP contribution in [0.25, 0.3) is 0 Å². The van der Waals surface area contributed by atoms with Crippen LogP contribution in [-0.2, 0) is 0 Å². The summed E-state index contributed by atoms with van der Waals surface area (Å²) in [5.41, 5.74) is 3.19. The van der Waals surface area contributed by atoms with Gasteiger partial charge in [-0.1, -0.05) is 24.3 Å². The molecule has 0 aliphatic heterocycles. The highest BCUT2D eigenvalue weighted by atomic mass is 16.5. The Bertz CT molecular complexity index is 712. The van der Waals surface area contributed by atoms with E-state index in [2.05, 4.69) is 4.99 Å². The first-order valence-corrected chi connectivity index (χ1v) is 6.32. The first kappa shape index (κ1) is 12.4. The summed E-state index contributed by atoms with van der Waals surface area (Å²) in [7, 11) is 1.63. The van der Waals surface area contributed by atoms with E-state index < -0.39 is 0 Å². The lowest BCUT2D eigenvalue weighted by Crippen LogP contribution is -2.11. The molecule has 0 bridgehead atoms. The van der Waals surface area contributed by atoms with Crippen molar-refractivity contribution in [3.8, 4) is 5.75 Å². The molecule has 3 heteroatoms. The molecule has 3 nitrogen and oxygen atoms in total. The number of benzene rings is 2. The van der Waals surface area contributed by atoms with Crippen LogP contribution in [0.4, 0.5) is 5.69 Å². The second kappa shape index (κ2) is 5.13. The quantitative estimate of drug-likeness (QED) is 0.830. The van der Waals surface area contributed by atoms with Crippen LogP contribution in [0.3, 0.4) is 0 Å². The number of nitrogens with zero attached hydrogens (tertiary/aromatic N) is 1. The van der Waals surface area contributed by atoms with Crippen molar-refractivity contribution < 1.29 is 9.53 Å². The number of aliphatic imine (C=N–C) groups is 1. The van der Waals surface area contributed by atoms with Gasteiger partial charge in [0.05, 0.1) is 18.5 Å². The summed E-state index contributed by atoms with van der Waals surface area (Å²) in [6.45, 7) is 0. The SMILES string of the molecule is COc1ccc(/N=C2\C=CC(=O)c3ccccc32)cc1. The summed E-state index contributed by atoms with van der Waals surface area (Å²) in [4.78, 5) is 16.4. The summed E-state index contributed by atoms with van der Waals surface area (Å²) in [6, 6.07) is 15.0. The summed E-state index contributed by atoms with van der Waals surface area (Å²) < 4.78 is 5.12. The third-order valence-electron chi connectivity index (χ3n) is 3.18. The van der Waals surface area contributed by atoms with E-state index in [1.807, 2.05) is 48.5 Å².